The Morgan fingerprint density at radius 2 is 1.70 bits per heavy atom. The molecule has 9 heteroatoms. The number of carbonyl (C=O) groups excluding carboxylic acids is 2. The minimum absolute atomic E-state index is 0.0871. The Kier molecular flexibility index (Phi) is 10.2. The van der Waals surface area contributed by atoms with Gasteiger partial charge in [-0.2, -0.15) is 0 Å². The summed E-state index contributed by atoms with van der Waals surface area (Å²) in [5.41, 5.74) is 11.1. The molecule has 2 amide bonds. The number of hydrogen-bond donors (Lipinski definition) is 2. The molecule has 47 heavy (non-hydrogen) atoms. The summed E-state index contributed by atoms with van der Waals surface area (Å²) in [5.74, 6) is 2.24. The molecule has 0 spiro atoms. The fraction of sp³-hybridized carbons (Fsp3) is 0.316. The van der Waals surface area contributed by atoms with Crippen molar-refractivity contribution in [3.05, 3.63) is 102 Å². The third kappa shape index (κ3) is 8.04. The van der Waals surface area contributed by atoms with Gasteiger partial charge in [0, 0.05) is 31.7 Å². The highest BCUT2D eigenvalue weighted by atomic mass is 16.7. The number of para-hydroxylation sites is 1. The van der Waals surface area contributed by atoms with E-state index in [0.717, 1.165) is 54.0 Å². The van der Waals surface area contributed by atoms with E-state index in [1.165, 1.54) is 0 Å². The van der Waals surface area contributed by atoms with Crippen LogP contribution >= 0.6 is 0 Å². The Morgan fingerprint density at radius 3 is 2.51 bits per heavy atom. The quantitative estimate of drug-likeness (QED) is 0.188. The number of rotatable bonds is 12. The predicted octanol–water partition coefficient (Wildman–Crippen LogP) is 6.33. The molecular formula is C38H42N4O5. The lowest BCUT2D eigenvalue weighted by Gasteiger charge is -2.33. The van der Waals surface area contributed by atoms with E-state index in [2.05, 4.69) is 41.4 Å². The second kappa shape index (κ2) is 15.0. The van der Waals surface area contributed by atoms with Crippen LogP contribution in [0.1, 0.15) is 42.1 Å². The lowest BCUT2D eigenvalue weighted by Crippen LogP contribution is -2.33. The van der Waals surface area contributed by atoms with Gasteiger partial charge in [-0.05, 0) is 96.9 Å². The molecule has 0 atom stereocenters. The summed E-state index contributed by atoms with van der Waals surface area (Å²) in [6.07, 6.45) is 2.91. The summed E-state index contributed by atoms with van der Waals surface area (Å²) in [6, 6.07) is 29.0. The third-order valence-corrected chi connectivity index (χ3v) is 8.68. The number of nitrogens with two attached hydrogens (primary N) is 1. The molecule has 4 aromatic rings. The van der Waals surface area contributed by atoms with Crippen LogP contribution in [0.3, 0.4) is 0 Å². The molecule has 0 bridgehead atoms. The maximum Gasteiger partial charge on any atom is 0.262 e. The average Bonchev–Trinajstić information content (AvgIpc) is 3.58. The highest BCUT2D eigenvalue weighted by Gasteiger charge is 2.22. The van der Waals surface area contributed by atoms with Gasteiger partial charge in [0.2, 0.25) is 6.79 Å². The Labute approximate surface area is 276 Å². The van der Waals surface area contributed by atoms with Crippen LogP contribution in [0.25, 0.3) is 11.1 Å². The molecule has 9 nitrogen and oxygen atoms in total. The largest absolute Gasteiger partial charge is 0.484 e. The van der Waals surface area contributed by atoms with Crippen LogP contribution in [0.15, 0.2) is 91.0 Å². The summed E-state index contributed by atoms with van der Waals surface area (Å²) in [6.45, 7) is 5.67. The van der Waals surface area contributed by atoms with Gasteiger partial charge in [-0.15, -0.1) is 0 Å². The van der Waals surface area contributed by atoms with Crippen molar-refractivity contribution >= 4 is 23.2 Å². The van der Waals surface area contributed by atoms with E-state index in [1.54, 1.807) is 18.2 Å². The van der Waals surface area contributed by atoms with Gasteiger partial charge in [0.25, 0.3) is 11.8 Å². The van der Waals surface area contributed by atoms with Crippen LogP contribution in [0, 0.1) is 5.92 Å². The van der Waals surface area contributed by atoms with Crippen LogP contribution in [0.2, 0.25) is 0 Å². The first-order valence-electron chi connectivity index (χ1n) is 16.3. The van der Waals surface area contributed by atoms with Crippen molar-refractivity contribution in [1.82, 2.24) is 4.90 Å². The molecule has 0 aromatic heterocycles. The van der Waals surface area contributed by atoms with Crippen molar-refractivity contribution < 1.29 is 23.8 Å². The van der Waals surface area contributed by atoms with Gasteiger partial charge in [0.1, 0.15) is 5.75 Å². The van der Waals surface area contributed by atoms with E-state index in [-0.39, 0.29) is 25.2 Å². The highest BCUT2D eigenvalue weighted by Crippen LogP contribution is 2.35. The fourth-order valence-corrected chi connectivity index (χ4v) is 6.01. The average molecular weight is 635 g/mol. The zero-order chi connectivity index (χ0) is 32.6. The predicted molar refractivity (Wildman–Crippen MR) is 184 cm³/mol. The molecule has 1 saturated heterocycles. The zero-order valence-electron chi connectivity index (χ0n) is 26.8. The lowest BCUT2D eigenvalue weighted by atomic mass is 9.97. The first-order chi connectivity index (χ1) is 23.0. The maximum atomic E-state index is 13.6. The van der Waals surface area contributed by atoms with Gasteiger partial charge in [-0.25, -0.2) is 0 Å². The number of fused-ring (bicyclic) bond motifs is 1. The van der Waals surface area contributed by atoms with Crippen molar-refractivity contribution in [3.63, 3.8) is 0 Å². The van der Waals surface area contributed by atoms with Crippen molar-refractivity contribution in [2.75, 3.05) is 49.8 Å². The molecule has 244 valence electrons. The molecule has 0 radical (unpaired) electrons. The number of anilines is 2. The van der Waals surface area contributed by atoms with E-state index >= 15 is 0 Å². The van der Waals surface area contributed by atoms with E-state index in [9.17, 15) is 9.59 Å². The van der Waals surface area contributed by atoms with Gasteiger partial charge in [0.15, 0.2) is 18.1 Å². The van der Waals surface area contributed by atoms with Gasteiger partial charge in [0.05, 0.1) is 11.4 Å². The second-order valence-electron chi connectivity index (χ2n) is 12.2. The molecule has 1 fully saturated rings. The van der Waals surface area contributed by atoms with Crippen LogP contribution in [-0.2, 0) is 11.3 Å². The zero-order valence-corrected chi connectivity index (χ0v) is 26.8. The van der Waals surface area contributed by atoms with Gasteiger partial charge >= 0.3 is 0 Å². The normalized spacial score (nSPS) is 14.1. The van der Waals surface area contributed by atoms with E-state index in [1.807, 2.05) is 53.4 Å². The topological polar surface area (TPSA) is 106 Å². The van der Waals surface area contributed by atoms with Gasteiger partial charge in [-0.1, -0.05) is 49.4 Å². The summed E-state index contributed by atoms with van der Waals surface area (Å²) >= 11 is 0. The molecule has 6 rings (SSSR count). The van der Waals surface area contributed by atoms with E-state index in [0.29, 0.717) is 54.8 Å². The molecule has 0 aliphatic carbocycles. The Balaban J connectivity index is 1.23. The Hall–Kier alpha value is -5.02. The third-order valence-electron chi connectivity index (χ3n) is 8.68. The number of nitrogens with one attached hydrogen (secondary N) is 1. The van der Waals surface area contributed by atoms with Gasteiger partial charge < -0.3 is 35.1 Å². The van der Waals surface area contributed by atoms with Crippen LogP contribution in [0.5, 0.6) is 17.2 Å². The Bertz CT molecular complexity index is 1690. The van der Waals surface area contributed by atoms with Gasteiger partial charge in [-0.3, -0.25) is 9.59 Å². The summed E-state index contributed by atoms with van der Waals surface area (Å²) in [4.78, 5) is 30.9. The molecule has 2 aliphatic heterocycles. The van der Waals surface area contributed by atoms with Crippen LogP contribution < -0.4 is 30.2 Å². The lowest BCUT2D eigenvalue weighted by molar-refractivity contribution is -0.118. The SMILES string of the molecule is CC1CCN(c2ccc(-c3cccc(CN(CCCN)C(=O)c4ccc5c(c4)OCO5)c3)cc2NC(=O)COc2ccccc2)CC1. The number of amides is 2. The number of benzene rings is 4. The molecule has 2 heterocycles. The smallest absolute Gasteiger partial charge is 0.262 e. The van der Waals surface area contributed by atoms with Crippen molar-refractivity contribution in [2.24, 2.45) is 11.7 Å². The minimum atomic E-state index is -0.219. The van der Waals surface area contributed by atoms with Crippen LogP contribution in [0.4, 0.5) is 11.4 Å². The van der Waals surface area contributed by atoms with E-state index < -0.39 is 0 Å². The number of nitrogens with zero attached hydrogens (tertiary/aromatic N) is 2. The summed E-state index contributed by atoms with van der Waals surface area (Å²) in [5, 5.41) is 3.13. The monoisotopic (exact) mass is 634 g/mol. The Morgan fingerprint density at radius 1 is 0.915 bits per heavy atom. The number of piperidine rings is 1. The molecule has 2 aliphatic rings. The molecule has 0 unspecified atom stereocenters. The van der Waals surface area contributed by atoms with E-state index in [4.69, 9.17) is 19.9 Å². The summed E-state index contributed by atoms with van der Waals surface area (Å²) < 4.78 is 16.7. The summed E-state index contributed by atoms with van der Waals surface area (Å²) in [7, 11) is 0. The minimum Gasteiger partial charge on any atom is -0.484 e. The number of ether oxygens (including phenoxy) is 3. The molecular weight excluding hydrogens is 592 g/mol. The standard InChI is InChI=1S/C38H42N4O5/c1-27-15-19-41(20-16-27)34-13-11-30(22-33(34)40-37(43)25-45-32-9-3-2-4-10-32)29-8-5-7-28(21-29)24-42(18-6-17-39)38(44)31-12-14-35-36(23-31)47-26-46-35/h2-5,7-14,21-23,27H,6,15-20,24-26,39H2,1H3,(H,40,43). The number of hydrogen-bond acceptors (Lipinski definition) is 7. The maximum absolute atomic E-state index is 13.6. The van der Waals surface area contributed by atoms with Crippen molar-refractivity contribution in [2.45, 2.75) is 32.7 Å². The second-order valence-corrected chi connectivity index (χ2v) is 12.2. The first kappa shape index (κ1) is 31.9. The first-order valence-corrected chi connectivity index (χ1v) is 16.3. The molecule has 4 aromatic carbocycles. The molecule has 3 N–H and O–H groups in total. The molecule has 0 saturated carbocycles. The number of carbonyl (C=O) groups is 2. The van der Waals surface area contributed by atoms with Crippen molar-refractivity contribution in [1.29, 1.82) is 0 Å². The fourth-order valence-electron chi connectivity index (χ4n) is 6.01. The highest BCUT2D eigenvalue weighted by molar-refractivity contribution is 5.97. The van der Waals surface area contributed by atoms with Crippen LogP contribution in [-0.4, -0.2) is 56.3 Å². The van der Waals surface area contributed by atoms with Crippen molar-refractivity contribution in [3.8, 4) is 28.4 Å².